The van der Waals surface area contributed by atoms with Gasteiger partial charge in [-0.15, -0.1) is 0 Å². The third-order valence-electron chi connectivity index (χ3n) is 3.38. The number of sulfone groups is 1. The number of rotatable bonds is 4. The molecule has 0 saturated carbocycles. The van der Waals surface area contributed by atoms with E-state index >= 15 is 0 Å². The highest BCUT2D eigenvalue weighted by Crippen LogP contribution is 2.31. The van der Waals surface area contributed by atoms with Crippen LogP contribution in [0, 0.1) is 3.57 Å². The first-order valence-electron chi connectivity index (χ1n) is 6.85. The largest absolute Gasteiger partial charge is 0.369 e. The highest BCUT2D eigenvalue weighted by atomic mass is 127. The Morgan fingerprint density at radius 2 is 2.10 bits per heavy atom. The lowest BCUT2D eigenvalue weighted by Crippen LogP contribution is -2.14. The van der Waals surface area contributed by atoms with Crippen LogP contribution in [0.3, 0.4) is 0 Å². The van der Waals surface area contributed by atoms with Gasteiger partial charge in [0, 0.05) is 12.5 Å². The average molecular weight is 409 g/mol. The number of hydrogen-bond donors (Lipinski definition) is 1. The third-order valence-corrected chi connectivity index (χ3v) is 6.21. The van der Waals surface area contributed by atoms with Crippen molar-refractivity contribution < 1.29 is 8.42 Å². The summed E-state index contributed by atoms with van der Waals surface area (Å²) in [7, 11) is -2.91. The zero-order valence-corrected chi connectivity index (χ0v) is 15.0. The SMILES string of the molecule is CCNc1nc(C2CCS(=O)(=O)C2)nc(C(C)C)c1I. The fourth-order valence-corrected chi connectivity index (χ4v) is 5.12. The standard InChI is InChI=1S/C13H20IN3O2S/c1-4-15-13-10(14)11(8(2)3)16-12(17-13)9-5-6-20(18,19)7-9/h8-9H,4-7H2,1-3H3,(H,15,16,17). The third kappa shape index (κ3) is 3.41. The van der Waals surface area contributed by atoms with E-state index in [4.69, 9.17) is 0 Å². The van der Waals surface area contributed by atoms with E-state index < -0.39 is 9.84 Å². The number of nitrogens with one attached hydrogen (secondary N) is 1. The molecule has 112 valence electrons. The maximum atomic E-state index is 11.6. The van der Waals surface area contributed by atoms with Gasteiger partial charge in [0.05, 0.1) is 20.8 Å². The monoisotopic (exact) mass is 409 g/mol. The van der Waals surface area contributed by atoms with Gasteiger partial charge < -0.3 is 5.32 Å². The molecule has 0 amide bonds. The van der Waals surface area contributed by atoms with Gasteiger partial charge in [-0.1, -0.05) is 13.8 Å². The van der Waals surface area contributed by atoms with Crippen LogP contribution in [0.1, 0.15) is 50.5 Å². The molecule has 1 aliphatic rings. The second kappa shape index (κ2) is 6.13. The van der Waals surface area contributed by atoms with Crippen molar-refractivity contribution in [1.82, 2.24) is 9.97 Å². The number of nitrogens with zero attached hydrogens (tertiary/aromatic N) is 2. The predicted molar refractivity (Wildman–Crippen MR) is 89.0 cm³/mol. The van der Waals surface area contributed by atoms with Crippen molar-refractivity contribution in [2.24, 2.45) is 0 Å². The lowest BCUT2D eigenvalue weighted by molar-refractivity contribution is 0.601. The topological polar surface area (TPSA) is 72.0 Å². The van der Waals surface area contributed by atoms with E-state index in [9.17, 15) is 8.42 Å². The van der Waals surface area contributed by atoms with Crippen LogP contribution in [0.2, 0.25) is 0 Å². The zero-order chi connectivity index (χ0) is 14.9. The van der Waals surface area contributed by atoms with Gasteiger partial charge in [0.25, 0.3) is 0 Å². The summed E-state index contributed by atoms with van der Waals surface area (Å²) in [6.07, 6.45) is 0.631. The minimum absolute atomic E-state index is 0.0630. The summed E-state index contributed by atoms with van der Waals surface area (Å²) < 4.78 is 24.3. The summed E-state index contributed by atoms with van der Waals surface area (Å²) in [6.45, 7) is 6.99. The molecule has 0 radical (unpaired) electrons. The second-order valence-electron chi connectivity index (χ2n) is 5.41. The van der Waals surface area contributed by atoms with E-state index in [0.717, 1.165) is 21.6 Å². The summed E-state index contributed by atoms with van der Waals surface area (Å²) in [4.78, 5) is 9.20. The quantitative estimate of drug-likeness (QED) is 0.774. The summed E-state index contributed by atoms with van der Waals surface area (Å²) in [5, 5.41) is 3.25. The first-order chi connectivity index (χ1) is 9.34. The lowest BCUT2D eigenvalue weighted by Gasteiger charge is -2.16. The lowest BCUT2D eigenvalue weighted by atomic mass is 10.1. The van der Waals surface area contributed by atoms with Crippen molar-refractivity contribution in [2.75, 3.05) is 23.4 Å². The summed E-state index contributed by atoms with van der Waals surface area (Å²) in [5.41, 5.74) is 0.996. The van der Waals surface area contributed by atoms with Crippen molar-refractivity contribution in [3.63, 3.8) is 0 Å². The molecule has 0 aromatic carbocycles. The number of hydrogen-bond acceptors (Lipinski definition) is 5. The van der Waals surface area contributed by atoms with Crippen LogP contribution in [0.4, 0.5) is 5.82 Å². The van der Waals surface area contributed by atoms with Crippen LogP contribution in [-0.4, -0.2) is 36.4 Å². The molecule has 1 aliphatic heterocycles. The fraction of sp³-hybridized carbons (Fsp3) is 0.692. The van der Waals surface area contributed by atoms with Gasteiger partial charge in [0.2, 0.25) is 0 Å². The molecule has 1 aromatic rings. The highest BCUT2D eigenvalue weighted by molar-refractivity contribution is 14.1. The first-order valence-corrected chi connectivity index (χ1v) is 9.75. The fourth-order valence-electron chi connectivity index (χ4n) is 2.33. The summed E-state index contributed by atoms with van der Waals surface area (Å²) in [5.74, 6) is 2.15. The molecule has 0 aliphatic carbocycles. The molecule has 1 saturated heterocycles. The van der Waals surface area contributed by atoms with Gasteiger partial charge in [0.1, 0.15) is 11.6 Å². The van der Waals surface area contributed by atoms with Gasteiger partial charge in [-0.05, 0) is 41.9 Å². The van der Waals surface area contributed by atoms with Gasteiger partial charge in [-0.25, -0.2) is 18.4 Å². The minimum atomic E-state index is -2.91. The number of aromatic nitrogens is 2. The molecule has 1 unspecified atom stereocenters. The van der Waals surface area contributed by atoms with Crippen LogP contribution in [0.5, 0.6) is 0 Å². The molecule has 1 atom stereocenters. The molecule has 20 heavy (non-hydrogen) atoms. The second-order valence-corrected chi connectivity index (χ2v) is 8.72. The van der Waals surface area contributed by atoms with Crippen LogP contribution in [-0.2, 0) is 9.84 Å². The van der Waals surface area contributed by atoms with Crippen LogP contribution >= 0.6 is 22.6 Å². The molecule has 0 bridgehead atoms. The smallest absolute Gasteiger partial charge is 0.151 e. The molecule has 7 heteroatoms. The maximum Gasteiger partial charge on any atom is 0.151 e. The molecule has 2 heterocycles. The molecule has 0 spiro atoms. The summed E-state index contributed by atoms with van der Waals surface area (Å²) >= 11 is 2.26. The molecule has 1 fully saturated rings. The minimum Gasteiger partial charge on any atom is -0.369 e. The van der Waals surface area contributed by atoms with Gasteiger partial charge in [-0.3, -0.25) is 0 Å². The number of anilines is 1. The highest BCUT2D eigenvalue weighted by Gasteiger charge is 2.32. The van der Waals surface area contributed by atoms with E-state index in [1.165, 1.54) is 0 Å². The molecular weight excluding hydrogens is 389 g/mol. The Kier molecular flexibility index (Phi) is 4.88. The molecule has 2 rings (SSSR count). The van der Waals surface area contributed by atoms with Crippen molar-refractivity contribution >= 4 is 38.2 Å². The Bertz CT molecular complexity index is 602. The van der Waals surface area contributed by atoms with E-state index in [0.29, 0.717) is 18.2 Å². The van der Waals surface area contributed by atoms with Crippen molar-refractivity contribution in [3.8, 4) is 0 Å². The van der Waals surface area contributed by atoms with Gasteiger partial charge >= 0.3 is 0 Å². The zero-order valence-electron chi connectivity index (χ0n) is 12.0. The number of halogens is 1. The Labute approximate surface area is 134 Å². The Balaban J connectivity index is 2.43. The van der Waals surface area contributed by atoms with E-state index in [1.54, 1.807) is 0 Å². The molecular formula is C13H20IN3O2S. The van der Waals surface area contributed by atoms with Crippen molar-refractivity contribution in [2.45, 2.75) is 39.0 Å². The molecule has 1 aromatic heterocycles. The van der Waals surface area contributed by atoms with Crippen LogP contribution in [0.25, 0.3) is 0 Å². The molecule has 5 nitrogen and oxygen atoms in total. The Hall–Kier alpha value is -0.440. The Morgan fingerprint density at radius 1 is 1.40 bits per heavy atom. The van der Waals surface area contributed by atoms with Gasteiger partial charge in [0.15, 0.2) is 9.84 Å². The first kappa shape index (κ1) is 15.9. The van der Waals surface area contributed by atoms with E-state index in [-0.39, 0.29) is 17.4 Å². The van der Waals surface area contributed by atoms with E-state index in [2.05, 4.69) is 51.7 Å². The van der Waals surface area contributed by atoms with E-state index in [1.807, 2.05) is 6.92 Å². The summed E-state index contributed by atoms with van der Waals surface area (Å²) in [6, 6.07) is 0. The van der Waals surface area contributed by atoms with Crippen LogP contribution < -0.4 is 5.32 Å². The molecule has 1 N–H and O–H groups in total. The predicted octanol–water partition coefficient (Wildman–Crippen LogP) is 2.54. The van der Waals surface area contributed by atoms with Gasteiger partial charge in [-0.2, -0.15) is 0 Å². The maximum absolute atomic E-state index is 11.6. The Morgan fingerprint density at radius 3 is 2.60 bits per heavy atom. The van der Waals surface area contributed by atoms with Crippen molar-refractivity contribution in [1.29, 1.82) is 0 Å². The van der Waals surface area contributed by atoms with Crippen molar-refractivity contribution in [3.05, 3.63) is 15.1 Å². The normalized spacial score (nSPS) is 21.4. The average Bonchev–Trinajstić information content (AvgIpc) is 2.72. The van der Waals surface area contributed by atoms with Crippen LogP contribution in [0.15, 0.2) is 0 Å².